The van der Waals surface area contributed by atoms with E-state index in [2.05, 4.69) is 35.3 Å². The molecule has 0 spiro atoms. The van der Waals surface area contributed by atoms with Gasteiger partial charge in [-0.3, -0.25) is 4.90 Å². The third-order valence-electron chi connectivity index (χ3n) is 5.65. The van der Waals surface area contributed by atoms with Gasteiger partial charge in [0.05, 0.1) is 0 Å². The van der Waals surface area contributed by atoms with Crippen LogP contribution in [0.3, 0.4) is 0 Å². The monoisotopic (exact) mass is 270 g/mol. The second-order valence-electron chi connectivity index (χ2n) is 6.95. The van der Waals surface area contributed by atoms with E-state index in [1.165, 1.54) is 57.2 Å². The van der Waals surface area contributed by atoms with Crippen molar-refractivity contribution in [3.8, 4) is 0 Å². The fraction of sp³-hybridized carbons (Fsp3) is 0.667. The second-order valence-corrected chi connectivity index (χ2v) is 6.95. The Bertz CT molecular complexity index is 496. The maximum atomic E-state index is 4.02. The predicted molar refractivity (Wildman–Crippen MR) is 83.0 cm³/mol. The smallest absolute Gasteiger partial charge is 0.0329 e. The van der Waals surface area contributed by atoms with Gasteiger partial charge in [0, 0.05) is 24.7 Å². The van der Waals surface area contributed by atoms with Crippen LogP contribution >= 0.6 is 0 Å². The first-order valence-electron chi connectivity index (χ1n) is 8.41. The largest absolute Gasteiger partial charge is 0.306 e. The van der Waals surface area contributed by atoms with E-state index in [9.17, 15) is 0 Å². The number of rotatable bonds is 2. The lowest BCUT2D eigenvalue weighted by molar-refractivity contribution is 0.176. The molecular weight excluding hydrogens is 244 g/mol. The number of benzene rings is 1. The van der Waals surface area contributed by atoms with Gasteiger partial charge >= 0.3 is 0 Å². The molecular formula is C18H26N2. The van der Waals surface area contributed by atoms with Gasteiger partial charge in [0.1, 0.15) is 0 Å². The van der Waals surface area contributed by atoms with Crippen LogP contribution in [0.2, 0.25) is 0 Å². The van der Waals surface area contributed by atoms with Crippen molar-refractivity contribution >= 4 is 0 Å². The summed E-state index contributed by atoms with van der Waals surface area (Å²) in [4.78, 5) is 2.73. The van der Waals surface area contributed by atoms with Crippen molar-refractivity contribution < 1.29 is 0 Å². The highest BCUT2D eigenvalue weighted by molar-refractivity contribution is 5.37. The number of nitrogens with one attached hydrogen (secondary N) is 1. The number of aryl methyl sites for hydroxylation is 2. The molecule has 2 fully saturated rings. The van der Waals surface area contributed by atoms with Crippen LogP contribution < -0.4 is 5.32 Å². The summed E-state index contributed by atoms with van der Waals surface area (Å²) in [7, 11) is 0. The average molecular weight is 270 g/mol. The SMILES string of the molecule is Cc1ccc2c(c1)C(NC1CCN3CCCCC13)CC2. The lowest BCUT2D eigenvalue weighted by Crippen LogP contribution is -2.45. The fourth-order valence-corrected chi connectivity index (χ4v) is 4.60. The molecule has 0 saturated carbocycles. The molecule has 1 aromatic rings. The first-order valence-corrected chi connectivity index (χ1v) is 8.41. The second kappa shape index (κ2) is 5.16. The van der Waals surface area contributed by atoms with Gasteiger partial charge in [-0.25, -0.2) is 0 Å². The third-order valence-corrected chi connectivity index (χ3v) is 5.65. The summed E-state index contributed by atoms with van der Waals surface area (Å²) in [6.07, 6.45) is 8.15. The summed E-state index contributed by atoms with van der Waals surface area (Å²) in [6, 6.07) is 9.17. The highest BCUT2D eigenvalue weighted by Gasteiger charge is 2.37. The number of hydrogen-bond donors (Lipinski definition) is 1. The van der Waals surface area contributed by atoms with E-state index in [4.69, 9.17) is 0 Å². The molecule has 2 heteroatoms. The molecule has 1 aliphatic carbocycles. The van der Waals surface area contributed by atoms with Crippen molar-refractivity contribution in [2.24, 2.45) is 0 Å². The van der Waals surface area contributed by atoms with E-state index >= 15 is 0 Å². The summed E-state index contributed by atoms with van der Waals surface area (Å²) in [5.41, 5.74) is 4.56. The van der Waals surface area contributed by atoms with Crippen LogP contribution in [0.1, 0.15) is 54.8 Å². The normalized spacial score (nSPS) is 33.1. The summed E-state index contributed by atoms with van der Waals surface area (Å²) in [5.74, 6) is 0. The molecule has 0 radical (unpaired) electrons. The highest BCUT2D eigenvalue weighted by atomic mass is 15.2. The molecule has 3 aliphatic rings. The minimum absolute atomic E-state index is 0.608. The Kier molecular flexibility index (Phi) is 3.31. The molecule has 4 rings (SSSR count). The lowest BCUT2D eigenvalue weighted by atomic mass is 9.97. The molecule has 2 aliphatic heterocycles. The summed E-state index contributed by atoms with van der Waals surface area (Å²) < 4.78 is 0. The number of fused-ring (bicyclic) bond motifs is 2. The fourth-order valence-electron chi connectivity index (χ4n) is 4.60. The Hall–Kier alpha value is -0.860. The Balaban J connectivity index is 1.50. The van der Waals surface area contributed by atoms with Crippen molar-refractivity contribution in [2.45, 2.75) is 63.6 Å². The molecule has 3 atom stereocenters. The van der Waals surface area contributed by atoms with E-state index in [0.29, 0.717) is 6.04 Å². The first-order chi connectivity index (χ1) is 9.81. The molecule has 20 heavy (non-hydrogen) atoms. The van der Waals surface area contributed by atoms with Gasteiger partial charge in [-0.05, 0) is 56.7 Å². The molecule has 0 aromatic heterocycles. The molecule has 1 N–H and O–H groups in total. The molecule has 0 bridgehead atoms. The molecule has 2 heterocycles. The molecule has 0 amide bonds. The molecule has 1 aromatic carbocycles. The van der Waals surface area contributed by atoms with Gasteiger partial charge in [0.15, 0.2) is 0 Å². The summed E-state index contributed by atoms with van der Waals surface area (Å²) >= 11 is 0. The number of hydrogen-bond acceptors (Lipinski definition) is 2. The van der Waals surface area contributed by atoms with E-state index < -0.39 is 0 Å². The van der Waals surface area contributed by atoms with Gasteiger partial charge in [-0.15, -0.1) is 0 Å². The van der Waals surface area contributed by atoms with Gasteiger partial charge in [0.25, 0.3) is 0 Å². The van der Waals surface area contributed by atoms with Crippen molar-refractivity contribution in [1.82, 2.24) is 10.2 Å². The minimum atomic E-state index is 0.608. The number of nitrogens with zero attached hydrogens (tertiary/aromatic N) is 1. The zero-order chi connectivity index (χ0) is 13.5. The van der Waals surface area contributed by atoms with E-state index in [0.717, 1.165) is 12.1 Å². The maximum absolute atomic E-state index is 4.02. The van der Waals surface area contributed by atoms with Crippen LogP contribution in [0.4, 0.5) is 0 Å². The highest BCUT2D eigenvalue weighted by Crippen LogP contribution is 2.35. The van der Waals surface area contributed by atoms with Gasteiger partial charge in [-0.1, -0.05) is 30.2 Å². The van der Waals surface area contributed by atoms with E-state index in [1.54, 1.807) is 11.1 Å². The van der Waals surface area contributed by atoms with Gasteiger partial charge < -0.3 is 5.32 Å². The quantitative estimate of drug-likeness (QED) is 0.888. The maximum Gasteiger partial charge on any atom is 0.0329 e. The zero-order valence-corrected chi connectivity index (χ0v) is 12.6. The van der Waals surface area contributed by atoms with Crippen LogP contribution in [0.25, 0.3) is 0 Å². The zero-order valence-electron chi connectivity index (χ0n) is 12.6. The molecule has 2 saturated heterocycles. The Labute approximate surface area is 122 Å². The molecule has 108 valence electrons. The van der Waals surface area contributed by atoms with Gasteiger partial charge in [0.2, 0.25) is 0 Å². The summed E-state index contributed by atoms with van der Waals surface area (Å²) in [5, 5.41) is 4.02. The number of piperidine rings is 1. The standard InChI is InChI=1S/C18H26N2/c1-13-5-6-14-7-8-16(15(14)12-13)19-17-9-11-20-10-3-2-4-18(17)20/h5-6,12,16-19H,2-4,7-11H2,1H3. The predicted octanol–water partition coefficient (Wildman–Crippen LogP) is 3.20. The topological polar surface area (TPSA) is 15.3 Å². The van der Waals surface area contributed by atoms with Crippen molar-refractivity contribution in [2.75, 3.05) is 13.1 Å². The Morgan fingerprint density at radius 1 is 1.10 bits per heavy atom. The van der Waals surface area contributed by atoms with Crippen LogP contribution in [0, 0.1) is 6.92 Å². The van der Waals surface area contributed by atoms with Gasteiger partial charge in [-0.2, -0.15) is 0 Å². The van der Waals surface area contributed by atoms with Crippen molar-refractivity contribution in [3.63, 3.8) is 0 Å². The third kappa shape index (κ3) is 2.19. The van der Waals surface area contributed by atoms with E-state index in [1.807, 2.05) is 0 Å². The lowest BCUT2D eigenvalue weighted by Gasteiger charge is -2.34. The van der Waals surface area contributed by atoms with Crippen LogP contribution in [0.5, 0.6) is 0 Å². The first kappa shape index (κ1) is 12.8. The van der Waals surface area contributed by atoms with E-state index in [-0.39, 0.29) is 0 Å². The van der Waals surface area contributed by atoms with Crippen LogP contribution in [-0.4, -0.2) is 30.1 Å². The van der Waals surface area contributed by atoms with Crippen molar-refractivity contribution in [3.05, 3.63) is 34.9 Å². The van der Waals surface area contributed by atoms with Crippen LogP contribution in [-0.2, 0) is 6.42 Å². The van der Waals surface area contributed by atoms with Crippen LogP contribution in [0.15, 0.2) is 18.2 Å². The minimum Gasteiger partial charge on any atom is -0.306 e. The van der Waals surface area contributed by atoms with Crippen molar-refractivity contribution in [1.29, 1.82) is 0 Å². The Morgan fingerprint density at radius 3 is 3.00 bits per heavy atom. The molecule has 3 unspecified atom stereocenters. The summed E-state index contributed by atoms with van der Waals surface area (Å²) in [6.45, 7) is 4.87. The Morgan fingerprint density at radius 2 is 2.05 bits per heavy atom. The molecule has 2 nitrogen and oxygen atoms in total. The average Bonchev–Trinajstić information content (AvgIpc) is 3.05.